The Labute approximate surface area is 120 Å². The summed E-state index contributed by atoms with van der Waals surface area (Å²) in [6, 6.07) is 1.88. The van der Waals surface area contributed by atoms with E-state index in [0.717, 1.165) is 45.9 Å². The van der Waals surface area contributed by atoms with Gasteiger partial charge < -0.3 is 9.73 Å². The molecule has 0 spiro atoms. The number of furan rings is 1. The normalized spacial score (nSPS) is 10.6. The monoisotopic (exact) mass is 357 g/mol. The van der Waals surface area contributed by atoms with Gasteiger partial charge >= 0.3 is 0 Å². The standard InChI is InChI=1S/C13H16IN3O/c1-3-6-15-13-11(14)10(4-2)16-12(17-13)9-5-7-18-8-9/h5,7-8H,3-4,6H2,1-2H3,(H,15,16,17). The molecule has 1 N–H and O–H groups in total. The van der Waals surface area contributed by atoms with Crippen molar-refractivity contribution in [2.75, 3.05) is 11.9 Å². The van der Waals surface area contributed by atoms with Gasteiger partial charge in [-0.15, -0.1) is 0 Å². The Hall–Kier alpha value is -1.11. The quantitative estimate of drug-likeness (QED) is 0.829. The van der Waals surface area contributed by atoms with Crippen LogP contribution in [-0.2, 0) is 6.42 Å². The Morgan fingerprint density at radius 2 is 2.17 bits per heavy atom. The lowest BCUT2D eigenvalue weighted by Crippen LogP contribution is -2.08. The fraction of sp³-hybridized carbons (Fsp3) is 0.385. The minimum Gasteiger partial charge on any atom is -0.472 e. The van der Waals surface area contributed by atoms with Gasteiger partial charge in [0.15, 0.2) is 5.82 Å². The number of hydrogen-bond acceptors (Lipinski definition) is 4. The molecule has 0 aliphatic heterocycles. The molecule has 0 unspecified atom stereocenters. The van der Waals surface area contributed by atoms with Crippen molar-refractivity contribution in [2.45, 2.75) is 26.7 Å². The van der Waals surface area contributed by atoms with E-state index in [0.29, 0.717) is 0 Å². The molecular weight excluding hydrogens is 341 g/mol. The first kappa shape index (κ1) is 13.3. The van der Waals surface area contributed by atoms with Crippen LogP contribution < -0.4 is 5.32 Å². The molecule has 2 aromatic heterocycles. The lowest BCUT2D eigenvalue weighted by Gasteiger charge is -2.11. The summed E-state index contributed by atoms with van der Waals surface area (Å²) in [4.78, 5) is 9.15. The van der Waals surface area contributed by atoms with E-state index in [9.17, 15) is 0 Å². The molecule has 2 rings (SSSR count). The zero-order valence-electron chi connectivity index (χ0n) is 10.5. The van der Waals surface area contributed by atoms with Gasteiger partial charge in [-0.05, 0) is 41.5 Å². The summed E-state index contributed by atoms with van der Waals surface area (Å²) in [5, 5.41) is 3.35. The first-order chi connectivity index (χ1) is 8.76. The lowest BCUT2D eigenvalue weighted by atomic mass is 10.2. The highest BCUT2D eigenvalue weighted by atomic mass is 127. The molecule has 2 aromatic rings. The van der Waals surface area contributed by atoms with Crippen LogP contribution in [0.3, 0.4) is 0 Å². The number of nitrogens with one attached hydrogen (secondary N) is 1. The molecule has 2 heterocycles. The van der Waals surface area contributed by atoms with Crippen molar-refractivity contribution in [1.29, 1.82) is 0 Å². The average molecular weight is 357 g/mol. The molecule has 18 heavy (non-hydrogen) atoms. The van der Waals surface area contributed by atoms with E-state index in [1.54, 1.807) is 12.5 Å². The molecule has 96 valence electrons. The minimum absolute atomic E-state index is 0.722. The molecule has 0 bridgehead atoms. The molecule has 5 heteroatoms. The van der Waals surface area contributed by atoms with Crippen LogP contribution in [0.4, 0.5) is 5.82 Å². The van der Waals surface area contributed by atoms with E-state index in [2.05, 4.69) is 51.7 Å². The van der Waals surface area contributed by atoms with Crippen molar-refractivity contribution in [3.63, 3.8) is 0 Å². The number of nitrogens with zero attached hydrogens (tertiary/aromatic N) is 2. The third-order valence-electron chi connectivity index (χ3n) is 2.58. The maximum atomic E-state index is 5.09. The predicted octanol–water partition coefficient (Wildman–Crippen LogP) is 3.73. The number of aromatic nitrogens is 2. The van der Waals surface area contributed by atoms with Crippen LogP contribution in [0, 0.1) is 3.57 Å². The molecule has 0 aliphatic rings. The number of halogens is 1. The Kier molecular flexibility index (Phi) is 4.57. The largest absolute Gasteiger partial charge is 0.472 e. The van der Waals surface area contributed by atoms with Crippen LogP contribution in [0.25, 0.3) is 11.4 Å². The smallest absolute Gasteiger partial charge is 0.165 e. The third-order valence-corrected chi connectivity index (χ3v) is 3.71. The highest BCUT2D eigenvalue weighted by Crippen LogP contribution is 2.24. The summed E-state index contributed by atoms with van der Waals surface area (Å²) in [7, 11) is 0. The summed E-state index contributed by atoms with van der Waals surface area (Å²) >= 11 is 2.30. The van der Waals surface area contributed by atoms with Crippen LogP contribution in [0.2, 0.25) is 0 Å². The predicted molar refractivity (Wildman–Crippen MR) is 80.6 cm³/mol. The molecule has 0 fully saturated rings. The van der Waals surface area contributed by atoms with Crippen molar-refractivity contribution in [3.05, 3.63) is 27.9 Å². The van der Waals surface area contributed by atoms with Crippen LogP contribution in [0.15, 0.2) is 23.0 Å². The van der Waals surface area contributed by atoms with Gasteiger partial charge in [0.2, 0.25) is 0 Å². The Balaban J connectivity index is 2.42. The molecule has 0 amide bonds. The summed E-state index contributed by atoms with van der Waals surface area (Å²) in [5.74, 6) is 1.64. The minimum atomic E-state index is 0.722. The Bertz CT molecular complexity index is 511. The highest BCUT2D eigenvalue weighted by molar-refractivity contribution is 14.1. The van der Waals surface area contributed by atoms with E-state index in [1.165, 1.54) is 0 Å². The zero-order chi connectivity index (χ0) is 13.0. The summed E-state index contributed by atoms with van der Waals surface area (Å²) in [6.07, 6.45) is 5.28. The summed E-state index contributed by atoms with van der Waals surface area (Å²) in [6.45, 7) is 5.16. The van der Waals surface area contributed by atoms with Gasteiger partial charge in [0.05, 0.1) is 21.1 Å². The maximum Gasteiger partial charge on any atom is 0.165 e. The molecule has 0 radical (unpaired) electrons. The van der Waals surface area contributed by atoms with Crippen LogP contribution in [0.1, 0.15) is 26.0 Å². The first-order valence-electron chi connectivity index (χ1n) is 6.09. The van der Waals surface area contributed by atoms with Gasteiger partial charge in [0.1, 0.15) is 12.1 Å². The first-order valence-corrected chi connectivity index (χ1v) is 7.17. The number of rotatable bonds is 5. The Morgan fingerprint density at radius 1 is 1.33 bits per heavy atom. The number of anilines is 1. The lowest BCUT2D eigenvalue weighted by molar-refractivity contribution is 0.568. The van der Waals surface area contributed by atoms with Crippen LogP contribution in [0.5, 0.6) is 0 Å². The molecule has 0 aromatic carbocycles. The van der Waals surface area contributed by atoms with Gasteiger partial charge in [-0.25, -0.2) is 9.97 Å². The third kappa shape index (κ3) is 2.82. The second-order valence-electron chi connectivity index (χ2n) is 3.95. The van der Waals surface area contributed by atoms with Gasteiger partial charge in [-0.3, -0.25) is 0 Å². The van der Waals surface area contributed by atoms with Crippen molar-refractivity contribution in [1.82, 2.24) is 9.97 Å². The van der Waals surface area contributed by atoms with Crippen LogP contribution in [-0.4, -0.2) is 16.5 Å². The summed E-state index contributed by atoms with van der Waals surface area (Å²) < 4.78 is 6.20. The van der Waals surface area contributed by atoms with E-state index in [1.807, 2.05) is 6.07 Å². The highest BCUT2D eigenvalue weighted by Gasteiger charge is 2.12. The van der Waals surface area contributed by atoms with Crippen molar-refractivity contribution in [2.24, 2.45) is 0 Å². The van der Waals surface area contributed by atoms with Gasteiger partial charge in [0, 0.05) is 6.54 Å². The van der Waals surface area contributed by atoms with Gasteiger partial charge in [0.25, 0.3) is 0 Å². The van der Waals surface area contributed by atoms with Crippen LogP contribution >= 0.6 is 22.6 Å². The Morgan fingerprint density at radius 3 is 2.78 bits per heavy atom. The topological polar surface area (TPSA) is 51.0 Å². The maximum absolute atomic E-state index is 5.09. The molecule has 0 atom stereocenters. The van der Waals surface area contributed by atoms with Crippen molar-refractivity contribution >= 4 is 28.4 Å². The SMILES string of the molecule is CCCNc1nc(-c2ccoc2)nc(CC)c1I. The molecule has 0 saturated heterocycles. The van der Waals surface area contributed by atoms with E-state index >= 15 is 0 Å². The van der Waals surface area contributed by atoms with Crippen molar-refractivity contribution < 1.29 is 4.42 Å². The van der Waals surface area contributed by atoms with Gasteiger partial charge in [-0.2, -0.15) is 0 Å². The second kappa shape index (κ2) is 6.17. The fourth-order valence-corrected chi connectivity index (χ4v) is 2.42. The molecule has 4 nitrogen and oxygen atoms in total. The molecule has 0 saturated carbocycles. The average Bonchev–Trinajstić information content (AvgIpc) is 2.91. The van der Waals surface area contributed by atoms with Gasteiger partial charge in [-0.1, -0.05) is 13.8 Å². The van der Waals surface area contributed by atoms with E-state index in [4.69, 9.17) is 4.42 Å². The number of hydrogen-bond donors (Lipinski definition) is 1. The summed E-state index contributed by atoms with van der Waals surface area (Å²) in [5.41, 5.74) is 1.99. The van der Waals surface area contributed by atoms with Crippen molar-refractivity contribution in [3.8, 4) is 11.4 Å². The molecular formula is C13H16IN3O. The second-order valence-corrected chi connectivity index (χ2v) is 5.03. The van der Waals surface area contributed by atoms with E-state index in [-0.39, 0.29) is 0 Å². The van der Waals surface area contributed by atoms with E-state index < -0.39 is 0 Å². The zero-order valence-corrected chi connectivity index (χ0v) is 12.7. The fourth-order valence-electron chi connectivity index (χ4n) is 1.61. The number of aryl methyl sites for hydroxylation is 1. The molecule has 0 aliphatic carbocycles.